The Hall–Kier alpha value is -2.79. The van der Waals surface area contributed by atoms with E-state index in [1.807, 2.05) is 50.2 Å². The summed E-state index contributed by atoms with van der Waals surface area (Å²) in [6, 6.07) is 15.0. The molecule has 7 heteroatoms. The number of anilines is 2. The Morgan fingerprint density at radius 1 is 1.06 bits per heavy atom. The van der Waals surface area contributed by atoms with Gasteiger partial charge in [0, 0.05) is 58.2 Å². The van der Waals surface area contributed by atoms with Gasteiger partial charge in [0.05, 0.1) is 11.4 Å². The fourth-order valence-electron chi connectivity index (χ4n) is 4.87. The molecule has 0 aromatic heterocycles. The summed E-state index contributed by atoms with van der Waals surface area (Å²) >= 11 is 19.6. The molecule has 1 aliphatic heterocycles. The van der Waals surface area contributed by atoms with Gasteiger partial charge >= 0.3 is 0 Å². The van der Waals surface area contributed by atoms with Gasteiger partial charge in [-0.15, -0.1) is 23.2 Å². The number of fused-ring (bicyclic) bond motifs is 1. The molecule has 0 radical (unpaired) electrons. The van der Waals surface area contributed by atoms with Gasteiger partial charge in [-0.05, 0) is 66.4 Å². The van der Waals surface area contributed by atoms with E-state index < -0.39 is 4.33 Å². The number of alkyl halides is 2. The van der Waals surface area contributed by atoms with Gasteiger partial charge in [-0.2, -0.15) is 0 Å². The van der Waals surface area contributed by atoms with E-state index in [-0.39, 0.29) is 17.7 Å². The molecule has 2 aliphatic rings. The second-order valence-electron chi connectivity index (χ2n) is 9.45. The third-order valence-electron chi connectivity index (χ3n) is 6.72. The molecule has 1 saturated carbocycles. The van der Waals surface area contributed by atoms with Crippen molar-refractivity contribution in [3.05, 3.63) is 106 Å². The first-order valence-electron chi connectivity index (χ1n) is 11.6. The van der Waals surface area contributed by atoms with E-state index in [4.69, 9.17) is 34.8 Å². The van der Waals surface area contributed by atoms with E-state index in [0.717, 1.165) is 33.5 Å². The number of benzene rings is 3. The van der Waals surface area contributed by atoms with Gasteiger partial charge in [0.15, 0.2) is 0 Å². The number of halogens is 4. The van der Waals surface area contributed by atoms with Gasteiger partial charge in [-0.25, -0.2) is 4.39 Å². The molecule has 3 aromatic rings. The molecule has 36 heavy (non-hydrogen) atoms. The van der Waals surface area contributed by atoms with Crippen LogP contribution in [0.15, 0.2) is 72.4 Å². The van der Waals surface area contributed by atoms with Crippen LogP contribution in [-0.4, -0.2) is 10.5 Å². The second-order valence-corrected chi connectivity index (χ2v) is 11.3. The average molecular weight is 541 g/mol. The van der Waals surface area contributed by atoms with Crippen molar-refractivity contribution in [2.45, 2.75) is 30.5 Å². The molecule has 0 amide bonds. The molecule has 2 N–H and O–H groups in total. The highest BCUT2D eigenvalue weighted by atomic mass is 35.5. The molecule has 3 nitrogen and oxygen atoms in total. The Kier molecular flexibility index (Phi) is 6.40. The molecule has 1 heterocycles. The van der Waals surface area contributed by atoms with Crippen LogP contribution < -0.4 is 10.6 Å². The molecular weight excluding hydrogens is 516 g/mol. The van der Waals surface area contributed by atoms with Crippen LogP contribution in [0.4, 0.5) is 21.5 Å². The molecule has 0 saturated heterocycles. The van der Waals surface area contributed by atoms with Crippen LogP contribution in [0.3, 0.4) is 0 Å². The number of aryl methyl sites for hydroxylation is 2. The number of nitrogens with one attached hydrogen (secondary N) is 2. The minimum atomic E-state index is -0.977. The lowest BCUT2D eigenvalue weighted by atomic mass is 10.0. The molecule has 3 aromatic carbocycles. The lowest BCUT2D eigenvalue weighted by Crippen LogP contribution is -2.06. The molecule has 0 bridgehead atoms. The van der Waals surface area contributed by atoms with Gasteiger partial charge in [0.1, 0.15) is 10.2 Å². The number of hydrogen-bond acceptors (Lipinski definition) is 3. The van der Waals surface area contributed by atoms with Crippen molar-refractivity contribution >= 4 is 63.8 Å². The SMILES string of the molecule is C=C(Nc1cc2c(cc1F)N=CC2)c1cc(NC(=C)C2C(c3cc(C)cc(Cl)c3)C2(Cl)Cl)ccc1C. The van der Waals surface area contributed by atoms with Gasteiger partial charge in [0.2, 0.25) is 0 Å². The van der Waals surface area contributed by atoms with Gasteiger partial charge < -0.3 is 10.6 Å². The van der Waals surface area contributed by atoms with Crippen molar-refractivity contribution in [1.29, 1.82) is 0 Å². The van der Waals surface area contributed by atoms with Crippen LogP contribution in [0.25, 0.3) is 5.70 Å². The van der Waals surface area contributed by atoms with Gasteiger partial charge in [-0.3, -0.25) is 4.99 Å². The summed E-state index contributed by atoms with van der Waals surface area (Å²) in [7, 11) is 0. The molecule has 184 valence electrons. The molecule has 5 rings (SSSR count). The number of rotatable bonds is 7. The van der Waals surface area contributed by atoms with E-state index in [1.165, 1.54) is 6.07 Å². The number of nitrogens with zero attached hydrogens (tertiary/aromatic N) is 1. The molecule has 1 aliphatic carbocycles. The average Bonchev–Trinajstić information content (AvgIpc) is 3.12. The van der Waals surface area contributed by atoms with Crippen molar-refractivity contribution in [2.75, 3.05) is 10.6 Å². The molecular formula is C29H25Cl3FN3. The number of aliphatic imine (C=N–C) groups is 1. The Labute approximate surface area is 225 Å². The van der Waals surface area contributed by atoms with Crippen LogP contribution >= 0.6 is 34.8 Å². The zero-order valence-electron chi connectivity index (χ0n) is 19.9. The monoisotopic (exact) mass is 539 g/mol. The maximum Gasteiger partial charge on any atom is 0.148 e. The molecule has 0 spiro atoms. The summed E-state index contributed by atoms with van der Waals surface area (Å²) in [5.74, 6) is -0.676. The maximum atomic E-state index is 14.6. The zero-order chi connectivity index (χ0) is 25.8. The van der Waals surface area contributed by atoms with Crippen molar-refractivity contribution in [1.82, 2.24) is 0 Å². The van der Waals surface area contributed by atoms with E-state index in [1.54, 1.807) is 12.3 Å². The standard InChI is InChI=1S/C29H25Cl3FN3/c1-15-9-20(11-21(30)10-15)28-27(29(28,31)32)18(4)35-22-6-5-16(2)23(13-22)17(3)36-26-12-19-7-8-34-25(19)14-24(26)33/h5-6,8-14,27-28,35-36H,3-4,7H2,1-2H3. The fourth-order valence-corrected chi connectivity index (χ4v) is 6.06. The highest BCUT2D eigenvalue weighted by Crippen LogP contribution is 2.67. The predicted molar refractivity (Wildman–Crippen MR) is 152 cm³/mol. The predicted octanol–water partition coefficient (Wildman–Crippen LogP) is 8.95. The summed E-state index contributed by atoms with van der Waals surface area (Å²) < 4.78 is 13.7. The summed E-state index contributed by atoms with van der Waals surface area (Å²) in [6.45, 7) is 12.4. The van der Waals surface area contributed by atoms with Gasteiger partial charge in [0.25, 0.3) is 0 Å². The highest BCUT2D eigenvalue weighted by molar-refractivity contribution is 6.52. The molecule has 2 unspecified atom stereocenters. The first kappa shape index (κ1) is 24.9. The van der Waals surface area contributed by atoms with E-state index in [0.29, 0.717) is 34.2 Å². The molecule has 2 atom stereocenters. The van der Waals surface area contributed by atoms with E-state index in [2.05, 4.69) is 28.8 Å². The Morgan fingerprint density at radius 3 is 2.58 bits per heavy atom. The summed E-state index contributed by atoms with van der Waals surface area (Å²) in [5, 5.41) is 7.15. The van der Waals surface area contributed by atoms with Crippen LogP contribution in [0.2, 0.25) is 5.02 Å². The second kappa shape index (κ2) is 9.26. The topological polar surface area (TPSA) is 36.4 Å². The highest BCUT2D eigenvalue weighted by Gasteiger charge is 2.65. The summed E-state index contributed by atoms with van der Waals surface area (Å²) in [5.41, 5.74) is 8.01. The Balaban J connectivity index is 1.33. The lowest BCUT2D eigenvalue weighted by Gasteiger charge is -2.17. The minimum Gasteiger partial charge on any atom is -0.359 e. The minimum absolute atomic E-state index is 0.119. The van der Waals surface area contributed by atoms with Crippen LogP contribution in [0.5, 0.6) is 0 Å². The van der Waals surface area contributed by atoms with Crippen LogP contribution in [0.1, 0.15) is 33.7 Å². The third-order valence-corrected chi connectivity index (χ3v) is 7.87. The lowest BCUT2D eigenvalue weighted by molar-refractivity contribution is 0.632. The van der Waals surface area contributed by atoms with E-state index >= 15 is 0 Å². The zero-order valence-corrected chi connectivity index (χ0v) is 22.2. The first-order valence-corrected chi connectivity index (χ1v) is 12.7. The number of hydrogen-bond donors (Lipinski definition) is 2. The van der Waals surface area contributed by atoms with Crippen molar-refractivity contribution in [3.63, 3.8) is 0 Å². The smallest absolute Gasteiger partial charge is 0.148 e. The Bertz CT molecular complexity index is 1420. The van der Waals surface area contributed by atoms with E-state index in [9.17, 15) is 4.39 Å². The summed E-state index contributed by atoms with van der Waals surface area (Å²) in [6.07, 6.45) is 2.47. The third kappa shape index (κ3) is 4.66. The van der Waals surface area contributed by atoms with Crippen molar-refractivity contribution in [3.8, 4) is 0 Å². The Morgan fingerprint density at radius 2 is 1.83 bits per heavy atom. The quantitative estimate of drug-likeness (QED) is 0.293. The maximum absolute atomic E-state index is 14.6. The van der Waals surface area contributed by atoms with Crippen molar-refractivity contribution < 1.29 is 4.39 Å². The summed E-state index contributed by atoms with van der Waals surface area (Å²) in [4.78, 5) is 4.20. The van der Waals surface area contributed by atoms with Crippen molar-refractivity contribution in [2.24, 2.45) is 10.9 Å². The van der Waals surface area contributed by atoms with Crippen LogP contribution in [0, 0.1) is 25.6 Å². The van der Waals surface area contributed by atoms with Gasteiger partial charge in [-0.1, -0.05) is 36.9 Å². The number of allylic oxidation sites excluding steroid dienone is 1. The fraction of sp³-hybridized carbons (Fsp3) is 0.207. The molecule has 1 fully saturated rings. The normalized spacial score (nSPS) is 19.1. The van der Waals surface area contributed by atoms with Crippen LogP contribution in [-0.2, 0) is 6.42 Å². The first-order chi connectivity index (χ1) is 17.0. The largest absolute Gasteiger partial charge is 0.359 e.